The van der Waals surface area contributed by atoms with Crippen LogP contribution in [0.2, 0.25) is 10.0 Å². The van der Waals surface area contributed by atoms with Gasteiger partial charge in [-0.1, -0.05) is 29.3 Å². The molecule has 1 aromatic heterocycles. The third-order valence-corrected chi connectivity index (χ3v) is 4.24. The van der Waals surface area contributed by atoms with Crippen LogP contribution >= 0.6 is 23.2 Å². The molecule has 2 atom stereocenters. The summed E-state index contributed by atoms with van der Waals surface area (Å²) in [5.74, 6) is -0.912. The third-order valence-electron chi connectivity index (χ3n) is 3.68. The summed E-state index contributed by atoms with van der Waals surface area (Å²) < 4.78 is 45.4. The maximum atomic E-state index is 13.0. The van der Waals surface area contributed by atoms with Gasteiger partial charge in [0.05, 0.1) is 11.6 Å². The molecule has 5 nitrogen and oxygen atoms in total. The lowest BCUT2D eigenvalue weighted by Crippen LogP contribution is -2.38. The van der Waals surface area contributed by atoms with Gasteiger partial charge in [-0.05, 0) is 19.1 Å². The molecule has 10 heteroatoms. The Morgan fingerprint density at radius 3 is 2.54 bits per heavy atom. The first-order valence-electron chi connectivity index (χ1n) is 7.44. The lowest BCUT2D eigenvalue weighted by Gasteiger charge is -2.25. The molecule has 1 N–H and O–H groups in total. The molecule has 2 unspecified atom stereocenters. The summed E-state index contributed by atoms with van der Waals surface area (Å²) >= 11 is 12.0. The topological polar surface area (TPSA) is 56.1 Å². The fourth-order valence-electron chi connectivity index (χ4n) is 2.56. The van der Waals surface area contributed by atoms with Crippen LogP contribution in [0.15, 0.2) is 24.4 Å². The number of methoxy groups -OCH3 is 1. The summed E-state index contributed by atoms with van der Waals surface area (Å²) in [6.45, 7) is 1.60. The fraction of sp³-hybridized carbons (Fsp3) is 0.375. The molecule has 0 aliphatic heterocycles. The molecule has 0 aliphatic rings. The molecule has 1 aromatic carbocycles. The maximum absolute atomic E-state index is 13.0. The second-order valence-electron chi connectivity index (χ2n) is 5.65. The molecule has 2 aromatic rings. The van der Waals surface area contributed by atoms with E-state index >= 15 is 0 Å². The van der Waals surface area contributed by atoms with Gasteiger partial charge >= 0.3 is 6.18 Å². The van der Waals surface area contributed by atoms with E-state index in [1.807, 2.05) is 0 Å². The van der Waals surface area contributed by atoms with E-state index in [0.717, 1.165) is 10.9 Å². The Kier molecular flexibility index (Phi) is 6.21. The zero-order valence-electron chi connectivity index (χ0n) is 14.1. The Labute approximate surface area is 158 Å². The van der Waals surface area contributed by atoms with E-state index in [1.54, 1.807) is 19.1 Å². The summed E-state index contributed by atoms with van der Waals surface area (Å²) in [7, 11) is 2.71. The smallest absolute Gasteiger partial charge is 0.375 e. The minimum atomic E-state index is -4.74. The zero-order chi connectivity index (χ0) is 19.6. The number of aromatic nitrogens is 2. The van der Waals surface area contributed by atoms with Crippen molar-refractivity contribution in [1.29, 1.82) is 0 Å². The largest absolute Gasteiger partial charge is 0.435 e. The summed E-state index contributed by atoms with van der Waals surface area (Å²) in [5.41, 5.74) is -1.26. The van der Waals surface area contributed by atoms with E-state index in [-0.39, 0.29) is 0 Å². The minimum Gasteiger partial charge on any atom is -0.375 e. The van der Waals surface area contributed by atoms with Crippen molar-refractivity contribution < 1.29 is 22.7 Å². The van der Waals surface area contributed by atoms with Gasteiger partial charge in [-0.25, -0.2) is 0 Å². The lowest BCUT2D eigenvalue weighted by atomic mass is 10.0. The average molecular weight is 410 g/mol. The minimum absolute atomic E-state index is 0.322. The first-order chi connectivity index (χ1) is 12.0. The Morgan fingerprint density at radius 2 is 2.00 bits per heavy atom. The van der Waals surface area contributed by atoms with Crippen molar-refractivity contribution in [3.8, 4) is 0 Å². The predicted octanol–water partition coefficient (Wildman–Crippen LogP) is 4.25. The number of benzene rings is 1. The van der Waals surface area contributed by atoms with Crippen LogP contribution in [0.25, 0.3) is 0 Å². The normalized spacial score (nSPS) is 14.2. The van der Waals surface area contributed by atoms with Gasteiger partial charge in [0.25, 0.3) is 5.91 Å². The standard InChI is InChI=1S/C16H16Cl2F3N3O2/c1-8(13(26-3)10-5-4-9(17)6-12(10)18)22-15(25)11-7-24(2)23-14(11)16(19,20)21/h4-8,13H,1-3H3,(H,22,25). The molecule has 26 heavy (non-hydrogen) atoms. The van der Waals surface area contributed by atoms with Crippen LogP contribution in [0, 0.1) is 0 Å². The second-order valence-corrected chi connectivity index (χ2v) is 6.49. The molecule has 142 valence electrons. The molecule has 0 saturated heterocycles. The van der Waals surface area contributed by atoms with Gasteiger partial charge in [0, 0.05) is 36.0 Å². The van der Waals surface area contributed by atoms with E-state index in [2.05, 4.69) is 10.4 Å². The SMILES string of the molecule is COC(c1ccc(Cl)cc1Cl)C(C)NC(=O)c1cn(C)nc1C(F)(F)F. The molecule has 0 spiro atoms. The zero-order valence-corrected chi connectivity index (χ0v) is 15.6. The number of halogens is 5. The van der Waals surface area contributed by atoms with E-state index in [9.17, 15) is 18.0 Å². The number of alkyl halides is 3. The maximum Gasteiger partial charge on any atom is 0.435 e. The molecule has 0 radical (unpaired) electrons. The van der Waals surface area contributed by atoms with Crippen molar-refractivity contribution in [3.05, 3.63) is 51.3 Å². The summed E-state index contributed by atoms with van der Waals surface area (Å²) in [5, 5.41) is 6.57. The van der Waals surface area contributed by atoms with E-state index in [0.29, 0.717) is 15.6 Å². The molecule has 0 fully saturated rings. The second kappa shape index (κ2) is 7.85. The van der Waals surface area contributed by atoms with E-state index in [1.165, 1.54) is 20.2 Å². The van der Waals surface area contributed by atoms with Crippen LogP contribution in [0.3, 0.4) is 0 Å². The number of hydrogen-bond acceptors (Lipinski definition) is 3. The van der Waals surface area contributed by atoms with Crippen LogP contribution < -0.4 is 5.32 Å². The van der Waals surface area contributed by atoms with Gasteiger partial charge in [0.2, 0.25) is 0 Å². The van der Waals surface area contributed by atoms with Gasteiger partial charge in [-0.2, -0.15) is 18.3 Å². The molecule has 0 bridgehead atoms. The van der Waals surface area contributed by atoms with Crippen molar-refractivity contribution >= 4 is 29.1 Å². The number of carbonyl (C=O) groups excluding carboxylic acids is 1. The number of nitrogens with one attached hydrogen (secondary N) is 1. The third kappa shape index (κ3) is 4.49. The number of hydrogen-bond donors (Lipinski definition) is 1. The molecule has 2 rings (SSSR count). The number of amides is 1. The number of carbonyl (C=O) groups is 1. The Balaban J connectivity index is 2.25. The summed E-state index contributed by atoms with van der Waals surface area (Å²) in [4.78, 5) is 12.4. The van der Waals surface area contributed by atoms with Crippen molar-refractivity contribution in [3.63, 3.8) is 0 Å². The molecular formula is C16H16Cl2F3N3O2. The molecule has 0 saturated carbocycles. The highest BCUT2D eigenvalue weighted by Crippen LogP contribution is 2.32. The van der Waals surface area contributed by atoms with Crippen LogP contribution in [0.5, 0.6) is 0 Å². The van der Waals surface area contributed by atoms with Crippen molar-refractivity contribution in [1.82, 2.24) is 15.1 Å². The van der Waals surface area contributed by atoms with Crippen LogP contribution in [0.4, 0.5) is 13.2 Å². The summed E-state index contributed by atoms with van der Waals surface area (Å²) in [6, 6.07) is 4.08. The van der Waals surface area contributed by atoms with Crippen molar-refractivity contribution in [2.24, 2.45) is 7.05 Å². The van der Waals surface area contributed by atoms with E-state index < -0.39 is 35.5 Å². The average Bonchev–Trinajstić information content (AvgIpc) is 2.92. The first-order valence-corrected chi connectivity index (χ1v) is 8.19. The van der Waals surface area contributed by atoms with Gasteiger partial charge in [0.15, 0.2) is 5.69 Å². The molecule has 0 aliphatic carbocycles. The number of aryl methyl sites for hydroxylation is 1. The van der Waals surface area contributed by atoms with E-state index in [4.69, 9.17) is 27.9 Å². The highest BCUT2D eigenvalue weighted by molar-refractivity contribution is 6.35. The molecule has 1 heterocycles. The van der Waals surface area contributed by atoms with Gasteiger partial charge < -0.3 is 10.1 Å². The van der Waals surface area contributed by atoms with Crippen LogP contribution in [0.1, 0.15) is 34.6 Å². The Morgan fingerprint density at radius 1 is 1.35 bits per heavy atom. The van der Waals surface area contributed by atoms with Gasteiger partial charge in [0.1, 0.15) is 6.10 Å². The van der Waals surface area contributed by atoms with Crippen LogP contribution in [-0.2, 0) is 18.0 Å². The summed E-state index contributed by atoms with van der Waals surface area (Å²) in [6.07, 6.45) is -4.41. The highest BCUT2D eigenvalue weighted by atomic mass is 35.5. The van der Waals surface area contributed by atoms with Gasteiger partial charge in [-0.15, -0.1) is 0 Å². The van der Waals surface area contributed by atoms with Crippen molar-refractivity contribution in [2.75, 3.05) is 7.11 Å². The monoisotopic (exact) mass is 409 g/mol. The highest BCUT2D eigenvalue weighted by Gasteiger charge is 2.39. The Hall–Kier alpha value is -1.77. The van der Waals surface area contributed by atoms with Crippen LogP contribution in [-0.4, -0.2) is 28.8 Å². The number of nitrogens with zero attached hydrogens (tertiary/aromatic N) is 2. The number of ether oxygens (including phenoxy) is 1. The lowest BCUT2D eigenvalue weighted by molar-refractivity contribution is -0.141. The number of rotatable bonds is 5. The van der Waals surface area contributed by atoms with Crippen molar-refractivity contribution in [2.45, 2.75) is 25.2 Å². The first kappa shape index (κ1) is 20.5. The Bertz CT molecular complexity index is 809. The predicted molar refractivity (Wildman–Crippen MR) is 91.4 cm³/mol. The van der Waals surface area contributed by atoms with Gasteiger partial charge in [-0.3, -0.25) is 9.48 Å². The quantitative estimate of drug-likeness (QED) is 0.802. The molecular weight excluding hydrogens is 394 g/mol. The molecule has 1 amide bonds. The fourth-order valence-corrected chi connectivity index (χ4v) is 3.07.